The van der Waals surface area contributed by atoms with Gasteiger partial charge in [-0.3, -0.25) is 0 Å². The van der Waals surface area contributed by atoms with E-state index in [1.165, 1.54) is 74.9 Å². The number of ether oxygens (including phenoxy) is 2. The lowest BCUT2D eigenvalue weighted by molar-refractivity contribution is -0.224. The SMILES string of the molecule is CCCC1CCC(C2CCC(C(F)(F)Oc3ccc(-c4ccc(OCC)c(F)c4C(F)F)cc3)CC2)CC1. The monoisotopic (exact) mass is 538 g/mol. The van der Waals surface area contributed by atoms with E-state index in [9.17, 15) is 13.2 Å². The summed E-state index contributed by atoms with van der Waals surface area (Å²) in [7, 11) is 0. The van der Waals surface area contributed by atoms with E-state index in [1.54, 1.807) is 6.92 Å². The molecule has 0 atom stereocenters. The Labute approximate surface area is 222 Å². The number of hydrogen-bond acceptors (Lipinski definition) is 2. The van der Waals surface area contributed by atoms with E-state index in [2.05, 4.69) is 6.92 Å². The maximum Gasteiger partial charge on any atom is 0.400 e. The van der Waals surface area contributed by atoms with Gasteiger partial charge in [0.15, 0.2) is 11.6 Å². The summed E-state index contributed by atoms with van der Waals surface area (Å²) >= 11 is 0. The third kappa shape index (κ3) is 6.63. The first kappa shape index (κ1) is 28.7. The molecule has 0 N–H and O–H groups in total. The first-order valence-electron chi connectivity index (χ1n) is 14.1. The van der Waals surface area contributed by atoms with Crippen LogP contribution in [0.25, 0.3) is 11.1 Å². The summed E-state index contributed by atoms with van der Waals surface area (Å²) in [5.74, 6) is -0.215. The van der Waals surface area contributed by atoms with Crippen LogP contribution in [-0.2, 0) is 0 Å². The van der Waals surface area contributed by atoms with Crippen molar-refractivity contribution in [2.75, 3.05) is 6.61 Å². The fraction of sp³-hybridized carbons (Fsp3) is 0.613. The maximum absolute atomic E-state index is 15.1. The molecule has 2 nitrogen and oxygen atoms in total. The Kier molecular flexibility index (Phi) is 9.59. The van der Waals surface area contributed by atoms with E-state index in [1.807, 2.05) is 0 Å². The molecule has 0 radical (unpaired) electrons. The fourth-order valence-corrected chi connectivity index (χ4v) is 6.53. The summed E-state index contributed by atoms with van der Waals surface area (Å²) in [5.41, 5.74) is -0.501. The molecule has 38 heavy (non-hydrogen) atoms. The van der Waals surface area contributed by atoms with Crippen molar-refractivity contribution in [2.45, 2.75) is 90.6 Å². The molecule has 0 aliphatic heterocycles. The highest BCUT2D eigenvalue weighted by Gasteiger charge is 2.45. The van der Waals surface area contributed by atoms with Crippen LogP contribution >= 0.6 is 0 Å². The van der Waals surface area contributed by atoms with Crippen LogP contribution in [0.5, 0.6) is 11.5 Å². The highest BCUT2D eigenvalue weighted by molar-refractivity contribution is 5.69. The van der Waals surface area contributed by atoms with Gasteiger partial charge >= 0.3 is 6.11 Å². The van der Waals surface area contributed by atoms with E-state index in [4.69, 9.17) is 9.47 Å². The molecule has 0 bridgehead atoms. The number of halogens is 5. The Bertz CT molecular complexity index is 1020. The van der Waals surface area contributed by atoms with Crippen molar-refractivity contribution < 1.29 is 31.4 Å². The molecule has 2 aromatic rings. The predicted molar refractivity (Wildman–Crippen MR) is 139 cm³/mol. The van der Waals surface area contributed by atoms with Gasteiger partial charge in [-0.05, 0) is 98.6 Å². The van der Waals surface area contributed by atoms with Crippen molar-refractivity contribution in [1.82, 2.24) is 0 Å². The van der Waals surface area contributed by atoms with Crippen molar-refractivity contribution >= 4 is 0 Å². The molecule has 4 rings (SSSR count). The number of alkyl halides is 4. The summed E-state index contributed by atoms with van der Waals surface area (Å²) in [6.45, 7) is 4.01. The van der Waals surface area contributed by atoms with Crippen molar-refractivity contribution in [2.24, 2.45) is 23.7 Å². The van der Waals surface area contributed by atoms with Crippen LogP contribution < -0.4 is 9.47 Å². The summed E-state index contributed by atoms with van der Waals surface area (Å²) in [5, 5.41) is 0. The normalized spacial score (nSPS) is 24.4. The fourth-order valence-electron chi connectivity index (χ4n) is 6.53. The molecular weight excluding hydrogens is 499 g/mol. The molecule has 7 heteroatoms. The molecular formula is C31H39F5O2. The molecule has 0 amide bonds. The van der Waals surface area contributed by atoms with Crippen molar-refractivity contribution in [3.8, 4) is 22.6 Å². The van der Waals surface area contributed by atoms with E-state index in [0.29, 0.717) is 24.7 Å². The zero-order valence-electron chi connectivity index (χ0n) is 22.3. The van der Waals surface area contributed by atoms with Gasteiger partial charge in [0.1, 0.15) is 5.75 Å². The molecule has 210 valence electrons. The highest BCUT2D eigenvalue weighted by Crippen LogP contribution is 2.46. The highest BCUT2D eigenvalue weighted by atomic mass is 19.3. The summed E-state index contributed by atoms with van der Waals surface area (Å²) in [6, 6.07) is 8.11. The smallest absolute Gasteiger partial charge is 0.400 e. The Balaban J connectivity index is 1.36. The molecule has 0 saturated heterocycles. The molecule has 0 spiro atoms. The molecule has 0 unspecified atom stereocenters. The van der Waals surface area contributed by atoms with Gasteiger partial charge in [0.2, 0.25) is 0 Å². The van der Waals surface area contributed by atoms with Crippen molar-refractivity contribution in [3.63, 3.8) is 0 Å². The lowest BCUT2D eigenvalue weighted by Crippen LogP contribution is -2.38. The third-order valence-electron chi connectivity index (χ3n) is 8.58. The van der Waals surface area contributed by atoms with Gasteiger partial charge in [-0.25, -0.2) is 13.2 Å². The molecule has 2 aliphatic carbocycles. The average molecular weight is 539 g/mol. The van der Waals surface area contributed by atoms with Crippen molar-refractivity contribution in [3.05, 3.63) is 47.8 Å². The summed E-state index contributed by atoms with van der Waals surface area (Å²) in [4.78, 5) is 0. The first-order valence-corrected chi connectivity index (χ1v) is 14.1. The quantitative estimate of drug-likeness (QED) is 0.280. The molecule has 2 aliphatic rings. The van der Waals surface area contributed by atoms with E-state index in [-0.39, 0.29) is 29.2 Å². The molecule has 2 fully saturated rings. The van der Waals surface area contributed by atoms with Gasteiger partial charge in [0, 0.05) is 0 Å². The minimum Gasteiger partial charge on any atom is -0.491 e. The van der Waals surface area contributed by atoms with E-state index >= 15 is 8.78 Å². The molecule has 2 aromatic carbocycles. The van der Waals surface area contributed by atoms with Gasteiger partial charge in [0.25, 0.3) is 6.43 Å². The van der Waals surface area contributed by atoms with Gasteiger partial charge in [-0.2, -0.15) is 8.78 Å². The zero-order chi connectivity index (χ0) is 27.3. The summed E-state index contributed by atoms with van der Waals surface area (Å²) < 4.78 is 82.4. The second-order valence-corrected chi connectivity index (χ2v) is 10.9. The van der Waals surface area contributed by atoms with Crippen LogP contribution in [0.4, 0.5) is 22.0 Å². The van der Waals surface area contributed by atoms with E-state index < -0.39 is 29.8 Å². The van der Waals surface area contributed by atoms with Crippen LogP contribution in [-0.4, -0.2) is 12.7 Å². The van der Waals surface area contributed by atoms with Gasteiger partial charge in [0.05, 0.1) is 18.1 Å². The standard InChI is InChI=1S/C31H39F5O2/c1-3-5-20-6-8-21(9-7-20)22-10-14-24(15-11-22)31(35,36)38-25-16-12-23(13-17-25)26-18-19-27(37-4-2)29(32)28(26)30(33)34/h12-13,16-22,24,30H,3-11,14-15H2,1-2H3. The molecule has 0 heterocycles. The van der Waals surface area contributed by atoms with Gasteiger partial charge in [-0.15, -0.1) is 0 Å². The van der Waals surface area contributed by atoms with Crippen LogP contribution in [0, 0.1) is 29.5 Å². The molecule has 2 saturated carbocycles. The van der Waals surface area contributed by atoms with E-state index in [0.717, 1.165) is 18.8 Å². The Morgan fingerprint density at radius 1 is 0.842 bits per heavy atom. The second-order valence-electron chi connectivity index (χ2n) is 10.9. The maximum atomic E-state index is 15.1. The topological polar surface area (TPSA) is 18.5 Å². The second kappa shape index (κ2) is 12.7. The third-order valence-corrected chi connectivity index (χ3v) is 8.58. The lowest BCUT2D eigenvalue weighted by atomic mass is 9.68. The van der Waals surface area contributed by atoms with Crippen LogP contribution in [0.1, 0.15) is 90.0 Å². The van der Waals surface area contributed by atoms with Gasteiger partial charge in [-0.1, -0.05) is 44.7 Å². The average Bonchev–Trinajstić information content (AvgIpc) is 2.90. The largest absolute Gasteiger partial charge is 0.491 e. The first-order chi connectivity index (χ1) is 18.2. The number of benzene rings is 2. The Hall–Kier alpha value is -2.31. The predicted octanol–water partition coefficient (Wildman–Crippen LogP) is 10.2. The van der Waals surface area contributed by atoms with Crippen LogP contribution in [0.2, 0.25) is 0 Å². The number of hydrogen-bond donors (Lipinski definition) is 0. The lowest BCUT2D eigenvalue weighted by Gasteiger charge is -2.39. The zero-order valence-corrected chi connectivity index (χ0v) is 22.3. The van der Waals surface area contributed by atoms with Gasteiger partial charge < -0.3 is 9.47 Å². The Morgan fingerprint density at radius 3 is 2.00 bits per heavy atom. The minimum atomic E-state index is -3.31. The van der Waals surface area contributed by atoms with Crippen LogP contribution in [0.15, 0.2) is 36.4 Å². The molecule has 0 aromatic heterocycles. The summed E-state index contributed by atoms with van der Waals surface area (Å²) in [6.07, 6.45) is 3.65. The van der Waals surface area contributed by atoms with Crippen molar-refractivity contribution in [1.29, 1.82) is 0 Å². The number of rotatable bonds is 10. The van der Waals surface area contributed by atoms with Crippen LogP contribution in [0.3, 0.4) is 0 Å². The minimum absolute atomic E-state index is 0.0127. The Morgan fingerprint density at radius 2 is 1.45 bits per heavy atom.